The Hall–Kier alpha value is -1.57. The lowest BCUT2D eigenvalue weighted by molar-refractivity contribution is -0.113. The van der Waals surface area contributed by atoms with Gasteiger partial charge in [-0.25, -0.2) is 0 Å². The molecule has 1 aliphatic rings. The highest BCUT2D eigenvalue weighted by molar-refractivity contribution is 9.10. The van der Waals surface area contributed by atoms with E-state index in [9.17, 15) is 4.79 Å². The van der Waals surface area contributed by atoms with Gasteiger partial charge in [-0.1, -0.05) is 77.2 Å². The van der Waals surface area contributed by atoms with Gasteiger partial charge in [0.1, 0.15) is 0 Å². The number of hydrogen-bond donors (Lipinski definition) is 0. The highest BCUT2D eigenvalue weighted by atomic mass is 79.9. The molecule has 0 bridgehead atoms. The smallest absolute Gasteiger partial charge is 0.268 e. The molecule has 1 amide bonds. The molecular weight excluding hydrogens is 518 g/mol. The van der Waals surface area contributed by atoms with Crippen LogP contribution in [0.25, 0.3) is 6.08 Å². The summed E-state index contributed by atoms with van der Waals surface area (Å²) >= 11 is 18.0. The zero-order chi connectivity index (χ0) is 21.3. The van der Waals surface area contributed by atoms with Gasteiger partial charge in [-0.05, 0) is 77.0 Å². The Morgan fingerprint density at radius 3 is 2.30 bits per heavy atom. The number of rotatable bonds is 4. The first-order chi connectivity index (χ1) is 14.4. The Kier molecular flexibility index (Phi) is 6.70. The number of halogens is 2. The minimum atomic E-state index is -0.138. The summed E-state index contributed by atoms with van der Waals surface area (Å²) in [4.78, 5) is 17.4. The monoisotopic (exact) mass is 531 g/mol. The molecule has 30 heavy (non-hydrogen) atoms. The SMILES string of the molecule is Cc1ccc(Sc2ccc(/C=C3\SC(=S)N(c4ccc(Br)c(Cl)c4)C3=O)cc2)cc1. The number of nitrogens with zero attached hydrogens (tertiary/aromatic N) is 1. The molecule has 7 heteroatoms. The second kappa shape index (κ2) is 9.28. The third-order valence-electron chi connectivity index (χ3n) is 4.39. The molecule has 1 aliphatic heterocycles. The van der Waals surface area contributed by atoms with Crippen LogP contribution in [0.2, 0.25) is 5.02 Å². The topological polar surface area (TPSA) is 20.3 Å². The van der Waals surface area contributed by atoms with E-state index < -0.39 is 0 Å². The van der Waals surface area contributed by atoms with E-state index in [0.29, 0.717) is 19.9 Å². The summed E-state index contributed by atoms with van der Waals surface area (Å²) in [5.41, 5.74) is 2.87. The molecule has 0 unspecified atom stereocenters. The van der Waals surface area contributed by atoms with Crippen LogP contribution in [0.5, 0.6) is 0 Å². The van der Waals surface area contributed by atoms with Crippen molar-refractivity contribution in [1.82, 2.24) is 0 Å². The van der Waals surface area contributed by atoms with Crippen molar-refractivity contribution >= 4 is 85.3 Å². The second-order valence-electron chi connectivity index (χ2n) is 6.60. The van der Waals surface area contributed by atoms with E-state index in [0.717, 1.165) is 14.9 Å². The van der Waals surface area contributed by atoms with Gasteiger partial charge in [0, 0.05) is 14.3 Å². The number of anilines is 1. The maximum atomic E-state index is 12.9. The zero-order valence-corrected chi connectivity index (χ0v) is 20.6. The van der Waals surface area contributed by atoms with Crippen LogP contribution in [0.3, 0.4) is 0 Å². The molecule has 1 fully saturated rings. The number of amides is 1. The number of hydrogen-bond acceptors (Lipinski definition) is 4. The third kappa shape index (κ3) is 4.84. The molecule has 0 radical (unpaired) electrons. The van der Waals surface area contributed by atoms with Crippen LogP contribution < -0.4 is 4.90 Å². The summed E-state index contributed by atoms with van der Waals surface area (Å²) in [7, 11) is 0. The predicted octanol–water partition coefficient (Wildman–Crippen LogP) is 7.97. The van der Waals surface area contributed by atoms with Crippen LogP contribution in [0.15, 0.2) is 85.9 Å². The standard InChI is InChI=1S/C23H15BrClNOS3/c1-14-2-7-17(8-3-14)29-18-9-4-15(5-10-18)12-21-22(27)26(23(28)30-21)16-6-11-19(24)20(25)13-16/h2-13H,1H3/b21-12-. The highest BCUT2D eigenvalue weighted by Crippen LogP contribution is 2.38. The molecular formula is C23H15BrClNOS3. The van der Waals surface area contributed by atoms with Crippen molar-refractivity contribution in [3.05, 3.63) is 92.3 Å². The second-order valence-corrected chi connectivity index (χ2v) is 10.7. The van der Waals surface area contributed by atoms with E-state index in [1.54, 1.807) is 17.8 Å². The summed E-state index contributed by atoms with van der Waals surface area (Å²) in [5, 5.41) is 0.534. The van der Waals surface area contributed by atoms with Crippen molar-refractivity contribution in [3.63, 3.8) is 0 Å². The van der Waals surface area contributed by atoms with Crippen LogP contribution in [0.4, 0.5) is 5.69 Å². The molecule has 2 nitrogen and oxygen atoms in total. The van der Waals surface area contributed by atoms with Crippen molar-refractivity contribution in [2.24, 2.45) is 0 Å². The van der Waals surface area contributed by atoms with Gasteiger partial charge in [0.2, 0.25) is 0 Å². The molecule has 0 aromatic heterocycles. The van der Waals surface area contributed by atoms with Gasteiger partial charge in [0.05, 0.1) is 15.6 Å². The molecule has 3 aromatic carbocycles. The summed E-state index contributed by atoms with van der Waals surface area (Å²) in [6.07, 6.45) is 1.88. The largest absolute Gasteiger partial charge is 0.270 e. The lowest BCUT2D eigenvalue weighted by Crippen LogP contribution is -2.27. The highest BCUT2D eigenvalue weighted by Gasteiger charge is 2.33. The summed E-state index contributed by atoms with van der Waals surface area (Å²) in [5.74, 6) is -0.138. The van der Waals surface area contributed by atoms with Gasteiger partial charge in [-0.3, -0.25) is 9.69 Å². The van der Waals surface area contributed by atoms with Crippen LogP contribution in [0.1, 0.15) is 11.1 Å². The molecule has 4 rings (SSSR count). The molecule has 1 heterocycles. The Morgan fingerprint density at radius 1 is 1.03 bits per heavy atom. The lowest BCUT2D eigenvalue weighted by atomic mass is 10.2. The Morgan fingerprint density at radius 2 is 1.67 bits per heavy atom. The van der Waals surface area contributed by atoms with Crippen molar-refractivity contribution in [3.8, 4) is 0 Å². The van der Waals surface area contributed by atoms with E-state index in [4.69, 9.17) is 23.8 Å². The summed E-state index contributed by atoms with van der Waals surface area (Å²) < 4.78 is 1.27. The maximum absolute atomic E-state index is 12.9. The average molecular weight is 533 g/mol. The van der Waals surface area contributed by atoms with Crippen molar-refractivity contribution in [2.45, 2.75) is 16.7 Å². The number of carbonyl (C=O) groups excluding carboxylic acids is 1. The first kappa shape index (κ1) is 21.7. The number of carbonyl (C=O) groups is 1. The number of benzene rings is 3. The molecule has 0 atom stereocenters. The molecule has 1 saturated heterocycles. The first-order valence-electron chi connectivity index (χ1n) is 8.98. The summed E-state index contributed by atoms with van der Waals surface area (Å²) in [6, 6.07) is 22.0. The molecule has 150 valence electrons. The van der Waals surface area contributed by atoms with E-state index in [-0.39, 0.29) is 5.91 Å². The van der Waals surface area contributed by atoms with Crippen LogP contribution in [-0.4, -0.2) is 10.2 Å². The molecule has 0 N–H and O–H groups in total. The van der Waals surface area contributed by atoms with Gasteiger partial charge in [0.25, 0.3) is 5.91 Å². The van der Waals surface area contributed by atoms with Crippen molar-refractivity contribution in [2.75, 3.05) is 4.90 Å². The minimum absolute atomic E-state index is 0.138. The van der Waals surface area contributed by atoms with E-state index >= 15 is 0 Å². The van der Waals surface area contributed by atoms with Crippen molar-refractivity contribution < 1.29 is 4.79 Å². The molecule has 0 aliphatic carbocycles. The number of thiocarbonyl (C=S) groups is 1. The zero-order valence-electron chi connectivity index (χ0n) is 15.8. The molecule has 0 spiro atoms. The number of thioether (sulfide) groups is 1. The fourth-order valence-electron chi connectivity index (χ4n) is 2.84. The van der Waals surface area contributed by atoms with Crippen LogP contribution in [-0.2, 0) is 4.79 Å². The third-order valence-corrected chi connectivity index (χ3v) is 7.94. The fraction of sp³-hybridized carbons (Fsp3) is 0.0435. The van der Waals surface area contributed by atoms with Gasteiger partial charge in [-0.15, -0.1) is 0 Å². The maximum Gasteiger partial charge on any atom is 0.270 e. The van der Waals surface area contributed by atoms with Gasteiger partial charge < -0.3 is 0 Å². The Balaban J connectivity index is 1.51. The van der Waals surface area contributed by atoms with E-state index in [2.05, 4.69) is 59.3 Å². The lowest BCUT2D eigenvalue weighted by Gasteiger charge is -2.15. The molecule has 3 aromatic rings. The Bertz CT molecular complexity index is 1160. The van der Waals surface area contributed by atoms with E-state index in [1.165, 1.54) is 27.1 Å². The number of aryl methyl sites for hydroxylation is 1. The summed E-state index contributed by atoms with van der Waals surface area (Å²) in [6.45, 7) is 2.08. The van der Waals surface area contributed by atoms with Crippen LogP contribution in [0, 0.1) is 6.92 Å². The van der Waals surface area contributed by atoms with Crippen molar-refractivity contribution in [1.29, 1.82) is 0 Å². The van der Waals surface area contributed by atoms with E-state index in [1.807, 2.05) is 30.3 Å². The fourth-order valence-corrected chi connectivity index (χ4v) is 5.38. The Labute approximate surface area is 202 Å². The quantitative estimate of drug-likeness (QED) is 0.251. The first-order valence-corrected chi connectivity index (χ1v) is 12.2. The minimum Gasteiger partial charge on any atom is -0.268 e. The average Bonchev–Trinajstić information content (AvgIpc) is 3.00. The molecule has 0 saturated carbocycles. The van der Waals surface area contributed by atoms with Crippen LogP contribution >= 0.6 is 63.3 Å². The van der Waals surface area contributed by atoms with Gasteiger partial charge >= 0.3 is 0 Å². The van der Waals surface area contributed by atoms with Gasteiger partial charge in [0.15, 0.2) is 4.32 Å². The predicted molar refractivity (Wildman–Crippen MR) is 137 cm³/mol. The normalized spacial score (nSPS) is 15.3. The van der Waals surface area contributed by atoms with Gasteiger partial charge in [-0.2, -0.15) is 0 Å².